The van der Waals surface area contributed by atoms with Crippen LogP contribution in [0.4, 0.5) is 5.69 Å². The first-order valence-electron chi connectivity index (χ1n) is 10.8. The van der Waals surface area contributed by atoms with E-state index in [9.17, 15) is 9.59 Å². The molecule has 0 unspecified atom stereocenters. The van der Waals surface area contributed by atoms with E-state index >= 15 is 0 Å². The lowest BCUT2D eigenvalue weighted by Gasteiger charge is -2.38. The predicted molar refractivity (Wildman–Crippen MR) is 131 cm³/mol. The standard InChI is InChI=1S/C27H21Cl2NO3/c1-2-33-25-9-4-3-8-19(25)20-15-27(21-11-10-18(29)13-23(21)30-26(27)32)22(14-24(20)31)16-6-5-7-17(28)12-16/h3-13,15,22H,2,14H2,1H3,(H,30,32)/t22-,27-/m0/s1. The Kier molecular flexibility index (Phi) is 5.51. The summed E-state index contributed by atoms with van der Waals surface area (Å²) in [5.74, 6) is -0.0450. The maximum atomic E-state index is 13.7. The van der Waals surface area contributed by atoms with Crippen molar-refractivity contribution in [2.75, 3.05) is 11.9 Å². The number of amides is 1. The number of rotatable bonds is 4. The second-order valence-electron chi connectivity index (χ2n) is 8.24. The lowest BCUT2D eigenvalue weighted by Crippen LogP contribution is -2.43. The topological polar surface area (TPSA) is 55.4 Å². The van der Waals surface area contributed by atoms with Crippen molar-refractivity contribution in [2.24, 2.45) is 0 Å². The van der Waals surface area contributed by atoms with Gasteiger partial charge in [-0.15, -0.1) is 0 Å². The monoisotopic (exact) mass is 477 g/mol. The number of carbonyl (C=O) groups is 2. The van der Waals surface area contributed by atoms with Crippen molar-refractivity contribution in [2.45, 2.75) is 24.7 Å². The van der Waals surface area contributed by atoms with Crippen LogP contribution in [-0.2, 0) is 15.0 Å². The molecule has 0 saturated carbocycles. The Bertz CT molecular complexity index is 1320. The fourth-order valence-corrected chi connectivity index (χ4v) is 5.36. The van der Waals surface area contributed by atoms with Crippen LogP contribution in [0.15, 0.2) is 72.8 Å². The summed E-state index contributed by atoms with van der Waals surface area (Å²) in [6.45, 7) is 2.37. The fraction of sp³-hybridized carbons (Fsp3) is 0.185. The zero-order chi connectivity index (χ0) is 23.2. The first-order valence-corrected chi connectivity index (χ1v) is 11.5. The SMILES string of the molecule is CCOc1ccccc1C1=C[C@@]2(C(=O)Nc3cc(Cl)ccc32)[C@H](c2cccc(Cl)c2)CC1=O. The number of ether oxygens (including phenoxy) is 1. The highest BCUT2D eigenvalue weighted by Crippen LogP contribution is 2.54. The first kappa shape index (κ1) is 21.7. The summed E-state index contributed by atoms with van der Waals surface area (Å²) >= 11 is 12.5. The van der Waals surface area contributed by atoms with Crippen molar-refractivity contribution >= 4 is 46.2 Å². The van der Waals surface area contributed by atoms with E-state index in [0.29, 0.717) is 39.2 Å². The Morgan fingerprint density at radius 2 is 1.79 bits per heavy atom. The van der Waals surface area contributed by atoms with E-state index in [1.54, 1.807) is 18.2 Å². The molecule has 0 saturated heterocycles. The molecular weight excluding hydrogens is 457 g/mol. The van der Waals surface area contributed by atoms with Crippen LogP contribution in [0.5, 0.6) is 5.75 Å². The quantitative estimate of drug-likeness (QED) is 0.471. The molecule has 2 atom stereocenters. The van der Waals surface area contributed by atoms with Gasteiger partial charge in [0.05, 0.1) is 6.61 Å². The number of nitrogens with one attached hydrogen (secondary N) is 1. The van der Waals surface area contributed by atoms with Crippen LogP contribution in [0.1, 0.15) is 36.0 Å². The van der Waals surface area contributed by atoms with Crippen molar-refractivity contribution < 1.29 is 14.3 Å². The Balaban J connectivity index is 1.78. The number of hydrogen-bond acceptors (Lipinski definition) is 3. The minimum atomic E-state index is -1.09. The number of carbonyl (C=O) groups excluding carboxylic acids is 2. The van der Waals surface area contributed by atoms with Gasteiger partial charge in [-0.3, -0.25) is 9.59 Å². The van der Waals surface area contributed by atoms with Gasteiger partial charge in [-0.1, -0.05) is 65.7 Å². The number of allylic oxidation sites excluding steroid dienone is 1. The summed E-state index contributed by atoms with van der Waals surface area (Å²) in [4.78, 5) is 27.2. The van der Waals surface area contributed by atoms with E-state index in [4.69, 9.17) is 27.9 Å². The molecule has 166 valence electrons. The summed E-state index contributed by atoms with van der Waals surface area (Å²) in [5.41, 5.74) is 2.36. The zero-order valence-electron chi connectivity index (χ0n) is 17.9. The minimum absolute atomic E-state index is 0.0482. The Hall–Kier alpha value is -3.08. The van der Waals surface area contributed by atoms with Crippen molar-refractivity contribution in [3.63, 3.8) is 0 Å². The molecule has 2 aliphatic rings. The smallest absolute Gasteiger partial charge is 0.239 e. The summed E-state index contributed by atoms with van der Waals surface area (Å²) in [6, 6.07) is 20.2. The number of para-hydroxylation sites is 1. The molecule has 33 heavy (non-hydrogen) atoms. The Morgan fingerprint density at radius 1 is 1.00 bits per heavy atom. The number of benzene rings is 3. The van der Waals surface area contributed by atoms with Crippen LogP contribution >= 0.6 is 23.2 Å². The average Bonchev–Trinajstić information content (AvgIpc) is 3.06. The van der Waals surface area contributed by atoms with Gasteiger partial charge in [-0.25, -0.2) is 0 Å². The largest absolute Gasteiger partial charge is 0.493 e. The van der Waals surface area contributed by atoms with Crippen LogP contribution < -0.4 is 10.1 Å². The lowest BCUT2D eigenvalue weighted by molar-refractivity contribution is -0.121. The molecule has 0 aromatic heterocycles. The highest BCUT2D eigenvalue weighted by Gasteiger charge is 2.54. The number of ketones is 1. The summed E-state index contributed by atoms with van der Waals surface area (Å²) < 4.78 is 5.80. The molecule has 1 aliphatic heterocycles. The number of anilines is 1. The van der Waals surface area contributed by atoms with Crippen LogP contribution in [0.25, 0.3) is 5.57 Å². The molecule has 0 radical (unpaired) electrons. The summed E-state index contributed by atoms with van der Waals surface area (Å²) in [5, 5.41) is 4.08. The zero-order valence-corrected chi connectivity index (χ0v) is 19.4. The van der Waals surface area contributed by atoms with Gasteiger partial charge < -0.3 is 10.1 Å². The van der Waals surface area contributed by atoms with Crippen molar-refractivity contribution in [1.82, 2.24) is 0 Å². The van der Waals surface area contributed by atoms with Crippen LogP contribution in [0.2, 0.25) is 10.0 Å². The van der Waals surface area contributed by atoms with Gasteiger partial charge in [0.15, 0.2) is 5.78 Å². The van der Waals surface area contributed by atoms with Gasteiger partial charge in [0.2, 0.25) is 5.91 Å². The van der Waals surface area contributed by atoms with Gasteiger partial charge in [-0.05, 0) is 48.4 Å². The van der Waals surface area contributed by atoms with Gasteiger partial charge in [-0.2, -0.15) is 0 Å². The van der Waals surface area contributed by atoms with E-state index < -0.39 is 11.3 Å². The second-order valence-corrected chi connectivity index (χ2v) is 9.11. The lowest BCUT2D eigenvalue weighted by atomic mass is 9.61. The molecule has 1 spiro atoms. The highest BCUT2D eigenvalue weighted by atomic mass is 35.5. The number of hydrogen-bond donors (Lipinski definition) is 1. The molecule has 0 fully saturated rings. The van der Waals surface area contributed by atoms with Crippen LogP contribution in [0, 0.1) is 0 Å². The first-order chi connectivity index (χ1) is 15.9. The molecule has 6 heteroatoms. The highest BCUT2D eigenvalue weighted by molar-refractivity contribution is 6.31. The number of Topliss-reactive ketones (excluding diaryl/α,β-unsaturated/α-hetero) is 1. The second kappa shape index (κ2) is 8.36. The molecular formula is C27H21Cl2NO3. The number of fused-ring (bicyclic) bond motifs is 2. The van der Waals surface area contributed by atoms with E-state index in [1.165, 1.54) is 0 Å². The van der Waals surface area contributed by atoms with Gasteiger partial charge in [0.1, 0.15) is 11.2 Å². The molecule has 3 aromatic rings. The van der Waals surface area contributed by atoms with E-state index in [1.807, 2.05) is 61.5 Å². The molecule has 1 heterocycles. The molecule has 1 aliphatic carbocycles. The average molecular weight is 478 g/mol. The fourth-order valence-electron chi connectivity index (χ4n) is 4.99. The third kappa shape index (κ3) is 3.54. The molecule has 1 N–H and O–H groups in total. The van der Waals surface area contributed by atoms with Crippen molar-refractivity contribution in [1.29, 1.82) is 0 Å². The van der Waals surface area contributed by atoms with Crippen molar-refractivity contribution in [3.05, 3.63) is 99.5 Å². The van der Waals surface area contributed by atoms with E-state index in [2.05, 4.69) is 5.32 Å². The van der Waals surface area contributed by atoms with E-state index in [0.717, 1.165) is 11.1 Å². The molecule has 0 bridgehead atoms. The molecule has 3 aromatic carbocycles. The Morgan fingerprint density at radius 3 is 2.58 bits per heavy atom. The maximum absolute atomic E-state index is 13.7. The normalized spacial score (nSPS) is 21.5. The van der Waals surface area contributed by atoms with Gasteiger partial charge in [0, 0.05) is 39.2 Å². The molecule has 1 amide bonds. The Labute approximate surface area is 202 Å². The predicted octanol–water partition coefficient (Wildman–Crippen LogP) is 6.42. The van der Waals surface area contributed by atoms with Gasteiger partial charge in [0.25, 0.3) is 0 Å². The number of halogens is 2. The summed E-state index contributed by atoms with van der Waals surface area (Å²) in [7, 11) is 0. The minimum Gasteiger partial charge on any atom is -0.493 e. The van der Waals surface area contributed by atoms with E-state index in [-0.39, 0.29) is 18.1 Å². The molecule has 4 nitrogen and oxygen atoms in total. The molecule has 5 rings (SSSR count). The maximum Gasteiger partial charge on any atom is 0.239 e. The third-order valence-electron chi connectivity index (χ3n) is 6.39. The van der Waals surface area contributed by atoms with Crippen LogP contribution in [-0.4, -0.2) is 18.3 Å². The van der Waals surface area contributed by atoms with Gasteiger partial charge >= 0.3 is 0 Å². The third-order valence-corrected chi connectivity index (χ3v) is 6.86. The summed E-state index contributed by atoms with van der Waals surface area (Å²) in [6.07, 6.45) is 1.97. The van der Waals surface area contributed by atoms with Crippen LogP contribution in [0.3, 0.4) is 0 Å². The van der Waals surface area contributed by atoms with Crippen molar-refractivity contribution in [3.8, 4) is 5.75 Å².